The summed E-state index contributed by atoms with van der Waals surface area (Å²) in [5.74, 6) is 0.608. The van der Waals surface area contributed by atoms with Crippen LogP contribution in [0.15, 0.2) is 12.3 Å². The monoisotopic (exact) mass is 266 g/mol. The summed E-state index contributed by atoms with van der Waals surface area (Å²) in [6, 6.07) is 2.06. The third kappa shape index (κ3) is 4.60. The topological polar surface area (TPSA) is 33.5 Å². The molecule has 5 heteroatoms. The third-order valence-corrected chi connectivity index (χ3v) is 3.60. The molecule has 1 aromatic rings. The van der Waals surface area contributed by atoms with Gasteiger partial charge in [-0.1, -0.05) is 0 Å². The first kappa shape index (κ1) is 14.5. The van der Waals surface area contributed by atoms with E-state index in [1.807, 2.05) is 6.20 Å². The number of hydrogen-bond donors (Lipinski definition) is 0. The lowest BCUT2D eigenvalue weighted by Crippen LogP contribution is -2.36. The van der Waals surface area contributed by atoms with Gasteiger partial charge in [0.15, 0.2) is 0 Å². The van der Waals surface area contributed by atoms with Crippen LogP contribution in [0.3, 0.4) is 0 Å². The predicted molar refractivity (Wildman–Crippen MR) is 76.3 cm³/mol. The molecule has 1 aliphatic heterocycles. The summed E-state index contributed by atoms with van der Waals surface area (Å²) in [5.41, 5.74) is 1.23. The summed E-state index contributed by atoms with van der Waals surface area (Å²) < 4.78 is 7.78. The van der Waals surface area contributed by atoms with Crippen LogP contribution in [0.4, 0.5) is 0 Å². The van der Waals surface area contributed by atoms with E-state index in [4.69, 9.17) is 4.74 Å². The molecule has 0 amide bonds. The first-order valence-corrected chi connectivity index (χ1v) is 7.08. The molecule has 1 saturated heterocycles. The highest BCUT2D eigenvalue weighted by Gasteiger charge is 2.19. The zero-order valence-corrected chi connectivity index (χ0v) is 12.4. The quantitative estimate of drug-likeness (QED) is 0.786. The highest BCUT2D eigenvalue weighted by molar-refractivity contribution is 4.96. The van der Waals surface area contributed by atoms with Crippen LogP contribution in [0.25, 0.3) is 0 Å². The van der Waals surface area contributed by atoms with Crippen LogP contribution in [0.5, 0.6) is 0 Å². The van der Waals surface area contributed by atoms with Gasteiger partial charge in [0.2, 0.25) is 0 Å². The minimum atomic E-state index is 0.608. The molecule has 0 bridgehead atoms. The largest absolute Gasteiger partial charge is 0.380 e. The van der Waals surface area contributed by atoms with Crippen molar-refractivity contribution in [1.29, 1.82) is 0 Å². The van der Waals surface area contributed by atoms with Gasteiger partial charge in [0.25, 0.3) is 0 Å². The van der Waals surface area contributed by atoms with Gasteiger partial charge in [-0.25, -0.2) is 0 Å². The fraction of sp³-hybridized carbons (Fsp3) is 0.786. The maximum absolute atomic E-state index is 5.71. The number of aromatic nitrogens is 2. The van der Waals surface area contributed by atoms with Crippen molar-refractivity contribution in [2.45, 2.75) is 13.5 Å². The molecule has 0 aliphatic carbocycles. The Hall–Kier alpha value is -0.910. The van der Waals surface area contributed by atoms with Gasteiger partial charge in [0, 0.05) is 44.0 Å². The minimum Gasteiger partial charge on any atom is -0.380 e. The summed E-state index contributed by atoms with van der Waals surface area (Å²) in [7, 11) is 4.25. The fourth-order valence-electron chi connectivity index (χ4n) is 2.65. The van der Waals surface area contributed by atoms with Crippen molar-refractivity contribution in [3.05, 3.63) is 18.0 Å². The summed E-state index contributed by atoms with van der Waals surface area (Å²) in [5, 5.41) is 4.34. The fourth-order valence-corrected chi connectivity index (χ4v) is 2.65. The Balaban J connectivity index is 1.83. The molecule has 0 aromatic carbocycles. The SMILES string of the molecule is Cc1ccnn1CCN1CCOCC(CN(C)C)C1. The molecule has 0 N–H and O–H groups in total. The molecule has 5 nitrogen and oxygen atoms in total. The molecule has 1 aromatic heterocycles. The molecule has 19 heavy (non-hydrogen) atoms. The lowest BCUT2D eigenvalue weighted by atomic mass is 10.1. The molecular formula is C14H26N4O. The van der Waals surface area contributed by atoms with Crippen molar-refractivity contribution < 1.29 is 4.74 Å². The second-order valence-electron chi connectivity index (χ2n) is 5.70. The molecular weight excluding hydrogens is 240 g/mol. The smallest absolute Gasteiger partial charge is 0.0593 e. The van der Waals surface area contributed by atoms with Crippen molar-refractivity contribution in [2.75, 3.05) is 53.5 Å². The lowest BCUT2D eigenvalue weighted by Gasteiger charge is -2.25. The van der Waals surface area contributed by atoms with Gasteiger partial charge >= 0.3 is 0 Å². The standard InChI is InChI=1S/C14H26N4O/c1-13-4-5-15-18(13)7-6-17-8-9-19-12-14(11-17)10-16(2)3/h4-5,14H,6-12H2,1-3H3. The van der Waals surface area contributed by atoms with Gasteiger partial charge in [-0.2, -0.15) is 5.10 Å². The molecule has 108 valence electrons. The molecule has 2 rings (SSSR count). The van der Waals surface area contributed by atoms with E-state index in [0.29, 0.717) is 5.92 Å². The second-order valence-corrected chi connectivity index (χ2v) is 5.70. The van der Waals surface area contributed by atoms with E-state index in [1.165, 1.54) is 5.69 Å². The van der Waals surface area contributed by atoms with Crippen molar-refractivity contribution in [2.24, 2.45) is 5.92 Å². The van der Waals surface area contributed by atoms with E-state index < -0.39 is 0 Å². The van der Waals surface area contributed by atoms with Gasteiger partial charge in [0.1, 0.15) is 0 Å². The van der Waals surface area contributed by atoms with Crippen LogP contribution in [-0.4, -0.2) is 73.1 Å². The first-order valence-electron chi connectivity index (χ1n) is 7.08. The van der Waals surface area contributed by atoms with Gasteiger partial charge in [-0.15, -0.1) is 0 Å². The Bertz CT molecular complexity index is 377. The highest BCUT2D eigenvalue weighted by atomic mass is 16.5. The Morgan fingerprint density at radius 2 is 2.26 bits per heavy atom. The number of aryl methyl sites for hydroxylation is 1. The molecule has 2 heterocycles. The normalized spacial score (nSPS) is 21.8. The molecule has 0 spiro atoms. The Kier molecular flexibility index (Phi) is 5.36. The van der Waals surface area contributed by atoms with E-state index in [-0.39, 0.29) is 0 Å². The highest BCUT2D eigenvalue weighted by Crippen LogP contribution is 2.08. The van der Waals surface area contributed by atoms with E-state index in [0.717, 1.165) is 45.9 Å². The summed E-state index contributed by atoms with van der Waals surface area (Å²) in [6.45, 7) is 9.11. The van der Waals surface area contributed by atoms with Crippen LogP contribution in [0.1, 0.15) is 5.69 Å². The molecule has 0 saturated carbocycles. The number of ether oxygens (including phenoxy) is 1. The summed E-state index contributed by atoms with van der Waals surface area (Å²) >= 11 is 0. The zero-order valence-electron chi connectivity index (χ0n) is 12.4. The van der Waals surface area contributed by atoms with Gasteiger partial charge in [-0.3, -0.25) is 9.58 Å². The van der Waals surface area contributed by atoms with Crippen molar-refractivity contribution >= 4 is 0 Å². The predicted octanol–water partition coefficient (Wildman–Crippen LogP) is 0.702. The van der Waals surface area contributed by atoms with E-state index in [9.17, 15) is 0 Å². The number of nitrogens with zero attached hydrogens (tertiary/aromatic N) is 4. The van der Waals surface area contributed by atoms with Crippen LogP contribution >= 0.6 is 0 Å². The average molecular weight is 266 g/mol. The third-order valence-electron chi connectivity index (χ3n) is 3.60. The van der Waals surface area contributed by atoms with E-state index >= 15 is 0 Å². The Morgan fingerprint density at radius 3 is 2.95 bits per heavy atom. The summed E-state index contributed by atoms with van der Waals surface area (Å²) in [4.78, 5) is 4.75. The van der Waals surface area contributed by atoms with Gasteiger partial charge < -0.3 is 9.64 Å². The maximum Gasteiger partial charge on any atom is 0.0593 e. The van der Waals surface area contributed by atoms with Crippen molar-refractivity contribution in [1.82, 2.24) is 19.6 Å². The summed E-state index contributed by atoms with van der Waals surface area (Å²) in [6.07, 6.45) is 1.87. The number of hydrogen-bond acceptors (Lipinski definition) is 4. The van der Waals surface area contributed by atoms with E-state index in [1.54, 1.807) is 0 Å². The van der Waals surface area contributed by atoms with E-state index in [2.05, 4.69) is 46.7 Å². The molecule has 1 aliphatic rings. The van der Waals surface area contributed by atoms with Crippen LogP contribution < -0.4 is 0 Å². The van der Waals surface area contributed by atoms with Crippen molar-refractivity contribution in [3.63, 3.8) is 0 Å². The first-order chi connectivity index (χ1) is 9.15. The molecule has 0 radical (unpaired) electrons. The van der Waals surface area contributed by atoms with Crippen LogP contribution in [0.2, 0.25) is 0 Å². The Morgan fingerprint density at radius 1 is 1.42 bits per heavy atom. The maximum atomic E-state index is 5.71. The minimum absolute atomic E-state index is 0.608. The lowest BCUT2D eigenvalue weighted by molar-refractivity contribution is 0.112. The molecule has 1 unspecified atom stereocenters. The van der Waals surface area contributed by atoms with Gasteiger partial charge in [-0.05, 0) is 27.1 Å². The zero-order chi connectivity index (χ0) is 13.7. The number of rotatable bonds is 5. The Labute approximate surface area is 116 Å². The second kappa shape index (κ2) is 7.03. The average Bonchev–Trinajstić information content (AvgIpc) is 2.62. The van der Waals surface area contributed by atoms with Crippen LogP contribution in [-0.2, 0) is 11.3 Å². The van der Waals surface area contributed by atoms with Crippen LogP contribution in [0, 0.1) is 12.8 Å². The van der Waals surface area contributed by atoms with Crippen molar-refractivity contribution in [3.8, 4) is 0 Å². The van der Waals surface area contributed by atoms with Gasteiger partial charge in [0.05, 0.1) is 19.8 Å². The molecule has 1 atom stereocenters. The molecule has 1 fully saturated rings.